The molecule has 2 amide bonds. The van der Waals surface area contributed by atoms with Crippen LogP contribution in [-0.4, -0.2) is 53.1 Å². The molecule has 0 saturated carbocycles. The zero-order valence-corrected chi connectivity index (χ0v) is 22.2. The second-order valence-electron chi connectivity index (χ2n) is 8.94. The minimum Gasteiger partial charge on any atom is -0.495 e. The molecule has 0 spiro atoms. The van der Waals surface area contributed by atoms with E-state index in [4.69, 9.17) is 9.47 Å². The first-order chi connectivity index (χ1) is 18.3. The fraction of sp³-hybridized carbons (Fsp3) is 0.286. The van der Waals surface area contributed by atoms with Gasteiger partial charge in [-0.25, -0.2) is 8.42 Å². The lowest BCUT2D eigenvalue weighted by Gasteiger charge is -2.26. The number of aryl methyl sites for hydroxylation is 1. The third-order valence-electron chi connectivity index (χ3n) is 6.21. The summed E-state index contributed by atoms with van der Waals surface area (Å²) < 4.78 is 39.4. The van der Waals surface area contributed by atoms with Gasteiger partial charge < -0.3 is 20.1 Å². The molecule has 200 valence electrons. The van der Waals surface area contributed by atoms with E-state index in [1.54, 1.807) is 60.7 Å². The molecule has 0 aliphatic carbocycles. The molecule has 0 bridgehead atoms. The van der Waals surface area contributed by atoms with E-state index in [2.05, 4.69) is 10.6 Å². The molecule has 9 nitrogen and oxygen atoms in total. The number of rotatable bonds is 10. The Morgan fingerprint density at radius 3 is 2.45 bits per heavy atom. The van der Waals surface area contributed by atoms with Gasteiger partial charge in [0.25, 0.3) is 15.9 Å². The molecule has 1 aliphatic heterocycles. The van der Waals surface area contributed by atoms with Crippen molar-refractivity contribution in [3.05, 3.63) is 83.9 Å². The zero-order chi connectivity index (χ0) is 27.1. The molecular weight excluding hydrogens is 506 g/mol. The average Bonchev–Trinajstić information content (AvgIpc) is 3.45. The smallest absolute Gasteiger partial charge is 0.264 e. The van der Waals surface area contributed by atoms with Gasteiger partial charge in [-0.1, -0.05) is 42.0 Å². The summed E-state index contributed by atoms with van der Waals surface area (Å²) in [7, 11) is -2.70. The summed E-state index contributed by atoms with van der Waals surface area (Å²) >= 11 is 0. The molecule has 10 heteroatoms. The molecule has 3 aromatic carbocycles. The number of para-hydroxylation sites is 3. The summed E-state index contributed by atoms with van der Waals surface area (Å²) in [5.41, 5.74) is 1.66. The molecule has 1 atom stereocenters. The monoisotopic (exact) mass is 537 g/mol. The van der Waals surface area contributed by atoms with Crippen LogP contribution in [0.2, 0.25) is 0 Å². The van der Waals surface area contributed by atoms with Crippen molar-refractivity contribution >= 4 is 33.2 Å². The molecule has 4 rings (SSSR count). The van der Waals surface area contributed by atoms with E-state index in [9.17, 15) is 18.0 Å². The van der Waals surface area contributed by atoms with Gasteiger partial charge in [-0.05, 0) is 56.2 Å². The zero-order valence-electron chi connectivity index (χ0n) is 21.3. The van der Waals surface area contributed by atoms with E-state index in [-0.39, 0.29) is 33.8 Å². The van der Waals surface area contributed by atoms with Crippen LogP contribution in [0, 0.1) is 6.92 Å². The van der Waals surface area contributed by atoms with Gasteiger partial charge in [0.1, 0.15) is 12.3 Å². The third-order valence-corrected chi connectivity index (χ3v) is 7.98. The first kappa shape index (κ1) is 27.2. The van der Waals surface area contributed by atoms with E-state index in [0.717, 1.165) is 22.7 Å². The Bertz CT molecular complexity index is 1390. The first-order valence-corrected chi connectivity index (χ1v) is 13.7. The van der Waals surface area contributed by atoms with Crippen LogP contribution in [0.3, 0.4) is 0 Å². The Hall–Kier alpha value is -3.89. The number of sulfonamides is 1. The molecule has 0 unspecified atom stereocenters. The van der Waals surface area contributed by atoms with Crippen molar-refractivity contribution in [3.8, 4) is 5.75 Å². The number of carbonyl (C=O) groups excluding carboxylic acids is 2. The Labute approximate surface area is 222 Å². The van der Waals surface area contributed by atoms with Crippen LogP contribution in [0.15, 0.2) is 77.7 Å². The number of hydrogen-bond acceptors (Lipinski definition) is 6. The Morgan fingerprint density at radius 2 is 1.74 bits per heavy atom. The minimum absolute atomic E-state index is 0.0258. The van der Waals surface area contributed by atoms with Crippen LogP contribution in [0.5, 0.6) is 5.75 Å². The fourth-order valence-electron chi connectivity index (χ4n) is 4.19. The fourth-order valence-corrected chi connectivity index (χ4v) is 5.62. The number of benzene rings is 3. The molecule has 0 aromatic heterocycles. The van der Waals surface area contributed by atoms with Gasteiger partial charge in [-0.2, -0.15) is 0 Å². The van der Waals surface area contributed by atoms with Crippen molar-refractivity contribution in [2.24, 2.45) is 0 Å². The van der Waals surface area contributed by atoms with Gasteiger partial charge in [0.15, 0.2) is 0 Å². The van der Waals surface area contributed by atoms with Gasteiger partial charge in [0.05, 0.1) is 35.0 Å². The summed E-state index contributed by atoms with van der Waals surface area (Å²) in [5.74, 6) is -0.680. The average molecular weight is 538 g/mol. The van der Waals surface area contributed by atoms with Crippen molar-refractivity contribution in [1.29, 1.82) is 0 Å². The van der Waals surface area contributed by atoms with E-state index in [0.29, 0.717) is 18.9 Å². The lowest BCUT2D eigenvalue weighted by Crippen LogP contribution is -2.39. The maximum Gasteiger partial charge on any atom is 0.264 e. The van der Waals surface area contributed by atoms with Gasteiger partial charge in [0, 0.05) is 13.2 Å². The normalized spacial score (nSPS) is 15.1. The number of anilines is 2. The Kier molecular flexibility index (Phi) is 8.65. The highest BCUT2D eigenvalue weighted by atomic mass is 32.2. The minimum atomic E-state index is -4.14. The number of methoxy groups -OCH3 is 1. The van der Waals surface area contributed by atoms with Crippen LogP contribution >= 0.6 is 0 Å². The molecule has 3 aromatic rings. The van der Waals surface area contributed by atoms with Gasteiger partial charge in [-0.15, -0.1) is 0 Å². The Balaban J connectivity index is 1.58. The maximum atomic E-state index is 13.7. The number of carbonyl (C=O) groups is 2. The van der Waals surface area contributed by atoms with Crippen molar-refractivity contribution in [3.63, 3.8) is 0 Å². The topological polar surface area (TPSA) is 114 Å². The van der Waals surface area contributed by atoms with Crippen molar-refractivity contribution < 1.29 is 27.5 Å². The van der Waals surface area contributed by atoms with E-state index in [1.165, 1.54) is 19.2 Å². The van der Waals surface area contributed by atoms with Gasteiger partial charge >= 0.3 is 0 Å². The van der Waals surface area contributed by atoms with E-state index in [1.807, 2.05) is 6.92 Å². The molecule has 38 heavy (non-hydrogen) atoms. The predicted molar refractivity (Wildman–Crippen MR) is 145 cm³/mol. The number of nitrogens with zero attached hydrogens (tertiary/aromatic N) is 1. The van der Waals surface area contributed by atoms with Crippen molar-refractivity contribution in [2.45, 2.75) is 30.8 Å². The number of nitrogens with one attached hydrogen (secondary N) is 2. The second kappa shape index (κ2) is 12.1. The third kappa shape index (κ3) is 6.32. The summed E-state index contributed by atoms with van der Waals surface area (Å²) in [6, 6.07) is 19.5. The Morgan fingerprint density at radius 1 is 1.03 bits per heavy atom. The van der Waals surface area contributed by atoms with Crippen LogP contribution in [0.25, 0.3) is 0 Å². The number of hydrogen-bond donors (Lipinski definition) is 2. The summed E-state index contributed by atoms with van der Waals surface area (Å²) in [4.78, 5) is 26.2. The number of amides is 2. The standard InChI is InChI=1S/C28H31N3O6S/c1-20-13-15-22(16-14-20)38(34,35)31(25-11-5-6-12-26(25)36-2)19-27(32)30-24-10-4-3-9-23(24)28(33)29-18-21-8-7-17-37-21/h3-6,9-16,21H,7-8,17-19H2,1-2H3,(H,29,33)(H,30,32)/t21-/m0/s1. The van der Waals surface area contributed by atoms with Crippen LogP contribution in [0.1, 0.15) is 28.8 Å². The molecule has 1 fully saturated rings. The van der Waals surface area contributed by atoms with E-state index < -0.39 is 22.5 Å². The lowest BCUT2D eigenvalue weighted by molar-refractivity contribution is -0.114. The van der Waals surface area contributed by atoms with Crippen molar-refractivity contribution in [1.82, 2.24) is 5.32 Å². The van der Waals surface area contributed by atoms with Crippen LogP contribution in [-0.2, 0) is 19.6 Å². The SMILES string of the molecule is COc1ccccc1N(CC(=O)Nc1ccccc1C(=O)NC[C@@H]1CCCO1)S(=O)(=O)c1ccc(C)cc1. The van der Waals surface area contributed by atoms with Gasteiger partial charge in [0.2, 0.25) is 5.91 Å². The molecule has 1 heterocycles. The van der Waals surface area contributed by atoms with Crippen LogP contribution < -0.4 is 19.7 Å². The second-order valence-corrected chi connectivity index (χ2v) is 10.8. The molecule has 1 aliphatic rings. The maximum absolute atomic E-state index is 13.7. The highest BCUT2D eigenvalue weighted by Gasteiger charge is 2.30. The predicted octanol–water partition coefficient (Wildman–Crippen LogP) is 3.75. The summed E-state index contributed by atoms with van der Waals surface area (Å²) in [5, 5.41) is 5.56. The molecule has 2 N–H and O–H groups in total. The first-order valence-electron chi connectivity index (χ1n) is 12.3. The van der Waals surface area contributed by atoms with Crippen LogP contribution in [0.4, 0.5) is 11.4 Å². The quantitative estimate of drug-likeness (QED) is 0.407. The lowest BCUT2D eigenvalue weighted by atomic mass is 10.1. The molecular formula is C28H31N3O6S. The number of ether oxygens (including phenoxy) is 2. The van der Waals surface area contributed by atoms with Gasteiger partial charge in [-0.3, -0.25) is 13.9 Å². The van der Waals surface area contributed by atoms with E-state index >= 15 is 0 Å². The van der Waals surface area contributed by atoms with Crippen molar-refractivity contribution in [2.75, 3.05) is 36.4 Å². The molecule has 1 saturated heterocycles. The molecule has 0 radical (unpaired) electrons. The summed E-state index contributed by atoms with van der Waals surface area (Å²) in [6.07, 6.45) is 1.82. The largest absolute Gasteiger partial charge is 0.495 e. The summed E-state index contributed by atoms with van der Waals surface area (Å²) in [6.45, 7) is 2.37. The highest BCUT2D eigenvalue weighted by molar-refractivity contribution is 7.92. The highest BCUT2D eigenvalue weighted by Crippen LogP contribution is 2.32.